The van der Waals surface area contributed by atoms with Crippen molar-refractivity contribution in [1.29, 1.82) is 0 Å². The Kier molecular flexibility index (Phi) is 2.60. The highest BCUT2D eigenvalue weighted by Gasteiger charge is 2.23. The van der Waals surface area contributed by atoms with Crippen LogP contribution in [0, 0.1) is 0 Å². The molecule has 3 rings (SSSR count). The number of para-hydroxylation sites is 1. The Hall–Kier alpha value is -2.14. The molecule has 5 heteroatoms. The van der Waals surface area contributed by atoms with Crippen molar-refractivity contribution in [2.24, 2.45) is 5.73 Å². The van der Waals surface area contributed by atoms with Crippen molar-refractivity contribution in [3.05, 3.63) is 47.3 Å². The third kappa shape index (κ3) is 1.69. The van der Waals surface area contributed by atoms with Crippen molar-refractivity contribution in [3.8, 4) is 5.69 Å². The lowest BCUT2D eigenvalue weighted by Crippen LogP contribution is -2.26. The average molecular weight is 242 g/mol. The van der Waals surface area contributed by atoms with Crippen molar-refractivity contribution in [1.82, 2.24) is 15.1 Å². The molecule has 5 nitrogen and oxygen atoms in total. The molecule has 0 saturated carbocycles. The number of nitrogens with one attached hydrogen (secondary N) is 1. The van der Waals surface area contributed by atoms with Gasteiger partial charge in [0.2, 0.25) is 0 Å². The van der Waals surface area contributed by atoms with Gasteiger partial charge in [0, 0.05) is 25.1 Å². The summed E-state index contributed by atoms with van der Waals surface area (Å²) in [5, 5.41) is 7.60. The van der Waals surface area contributed by atoms with Crippen LogP contribution in [-0.4, -0.2) is 22.2 Å². The summed E-state index contributed by atoms with van der Waals surface area (Å²) >= 11 is 0. The highest BCUT2D eigenvalue weighted by Crippen LogP contribution is 2.21. The summed E-state index contributed by atoms with van der Waals surface area (Å²) in [4.78, 5) is 11.4. The van der Waals surface area contributed by atoms with E-state index in [-0.39, 0.29) is 0 Å². The molecule has 0 aliphatic carbocycles. The number of primary amides is 1. The van der Waals surface area contributed by atoms with E-state index in [4.69, 9.17) is 5.73 Å². The van der Waals surface area contributed by atoms with E-state index in [9.17, 15) is 4.79 Å². The number of rotatable bonds is 2. The predicted molar refractivity (Wildman–Crippen MR) is 67.5 cm³/mol. The Labute approximate surface area is 105 Å². The third-order valence-electron chi connectivity index (χ3n) is 3.16. The fraction of sp³-hybridized carbons (Fsp3) is 0.231. The SMILES string of the molecule is NC(=O)c1nn(-c2ccccc2)c2c1CNCC2. The van der Waals surface area contributed by atoms with E-state index < -0.39 is 5.91 Å². The molecule has 2 heterocycles. The van der Waals surface area contributed by atoms with Crippen LogP contribution in [0.3, 0.4) is 0 Å². The predicted octanol–water partition coefficient (Wildman–Crippen LogP) is 0.617. The number of fused-ring (bicyclic) bond motifs is 1. The van der Waals surface area contributed by atoms with Crippen LogP contribution in [0.4, 0.5) is 0 Å². The van der Waals surface area contributed by atoms with Gasteiger partial charge in [0.1, 0.15) is 0 Å². The number of nitrogens with zero attached hydrogens (tertiary/aromatic N) is 2. The molecule has 1 aromatic heterocycles. The first-order chi connectivity index (χ1) is 8.77. The zero-order valence-corrected chi connectivity index (χ0v) is 9.89. The number of aromatic nitrogens is 2. The normalized spacial score (nSPS) is 14.2. The van der Waals surface area contributed by atoms with Crippen LogP contribution in [0.5, 0.6) is 0 Å². The van der Waals surface area contributed by atoms with Gasteiger partial charge in [0.15, 0.2) is 5.69 Å². The van der Waals surface area contributed by atoms with Crippen molar-refractivity contribution >= 4 is 5.91 Å². The van der Waals surface area contributed by atoms with E-state index in [1.54, 1.807) is 0 Å². The minimum absolute atomic E-state index is 0.376. The lowest BCUT2D eigenvalue weighted by atomic mass is 10.1. The highest BCUT2D eigenvalue weighted by atomic mass is 16.1. The van der Waals surface area contributed by atoms with Gasteiger partial charge in [-0.05, 0) is 12.1 Å². The summed E-state index contributed by atoms with van der Waals surface area (Å²) in [6.45, 7) is 1.55. The van der Waals surface area contributed by atoms with E-state index >= 15 is 0 Å². The van der Waals surface area contributed by atoms with Gasteiger partial charge < -0.3 is 11.1 Å². The Morgan fingerprint density at radius 1 is 1.33 bits per heavy atom. The van der Waals surface area contributed by atoms with E-state index in [2.05, 4.69) is 10.4 Å². The average Bonchev–Trinajstić information content (AvgIpc) is 2.79. The Balaban J connectivity index is 2.18. The molecule has 1 aliphatic heterocycles. The molecule has 0 bridgehead atoms. The molecule has 0 saturated heterocycles. The summed E-state index contributed by atoms with van der Waals surface area (Å²) in [6.07, 6.45) is 0.852. The van der Waals surface area contributed by atoms with E-state index in [1.165, 1.54) is 0 Å². The first-order valence-corrected chi connectivity index (χ1v) is 5.94. The van der Waals surface area contributed by atoms with Crippen LogP contribution in [0.2, 0.25) is 0 Å². The number of hydrogen-bond acceptors (Lipinski definition) is 3. The summed E-state index contributed by atoms with van der Waals surface area (Å²) in [7, 11) is 0. The zero-order chi connectivity index (χ0) is 12.5. The van der Waals surface area contributed by atoms with Gasteiger partial charge in [-0.2, -0.15) is 5.10 Å². The maximum atomic E-state index is 11.4. The Morgan fingerprint density at radius 3 is 2.83 bits per heavy atom. The van der Waals surface area contributed by atoms with Crippen LogP contribution in [0.15, 0.2) is 30.3 Å². The number of nitrogens with two attached hydrogens (primary N) is 1. The van der Waals surface area contributed by atoms with Gasteiger partial charge in [-0.25, -0.2) is 4.68 Å². The number of amides is 1. The number of carbonyl (C=O) groups excluding carboxylic acids is 1. The summed E-state index contributed by atoms with van der Waals surface area (Å²) in [6, 6.07) is 9.80. The molecule has 18 heavy (non-hydrogen) atoms. The number of carbonyl (C=O) groups is 1. The molecule has 0 atom stereocenters. The van der Waals surface area contributed by atoms with E-state index in [0.717, 1.165) is 29.9 Å². The fourth-order valence-electron chi connectivity index (χ4n) is 2.33. The molecule has 1 amide bonds. The topological polar surface area (TPSA) is 72.9 Å². The molecule has 0 radical (unpaired) electrons. The Bertz CT molecular complexity index is 589. The van der Waals surface area contributed by atoms with Crippen molar-refractivity contribution in [2.45, 2.75) is 13.0 Å². The molecule has 1 aromatic carbocycles. The fourth-order valence-corrected chi connectivity index (χ4v) is 2.33. The molecular formula is C13H14N4O. The smallest absolute Gasteiger partial charge is 0.269 e. The summed E-state index contributed by atoms with van der Waals surface area (Å²) in [5.74, 6) is -0.468. The molecule has 0 spiro atoms. The molecule has 0 fully saturated rings. The second kappa shape index (κ2) is 4.27. The van der Waals surface area contributed by atoms with Crippen LogP contribution in [-0.2, 0) is 13.0 Å². The number of benzene rings is 1. The van der Waals surface area contributed by atoms with Gasteiger partial charge in [-0.3, -0.25) is 4.79 Å². The minimum atomic E-state index is -0.468. The van der Waals surface area contributed by atoms with Crippen LogP contribution < -0.4 is 11.1 Å². The van der Waals surface area contributed by atoms with Gasteiger partial charge >= 0.3 is 0 Å². The second-order valence-corrected chi connectivity index (χ2v) is 4.31. The lowest BCUT2D eigenvalue weighted by Gasteiger charge is -2.15. The Morgan fingerprint density at radius 2 is 2.11 bits per heavy atom. The van der Waals surface area contributed by atoms with Crippen molar-refractivity contribution < 1.29 is 4.79 Å². The van der Waals surface area contributed by atoms with Crippen molar-refractivity contribution in [2.75, 3.05) is 6.54 Å². The zero-order valence-electron chi connectivity index (χ0n) is 9.89. The number of hydrogen-bond donors (Lipinski definition) is 2. The third-order valence-corrected chi connectivity index (χ3v) is 3.16. The minimum Gasteiger partial charge on any atom is -0.364 e. The van der Waals surface area contributed by atoms with Gasteiger partial charge in [-0.1, -0.05) is 18.2 Å². The van der Waals surface area contributed by atoms with Crippen LogP contribution >= 0.6 is 0 Å². The summed E-state index contributed by atoms with van der Waals surface area (Å²) in [5.41, 5.74) is 8.73. The largest absolute Gasteiger partial charge is 0.364 e. The lowest BCUT2D eigenvalue weighted by molar-refractivity contribution is 0.0994. The van der Waals surface area contributed by atoms with Gasteiger partial charge in [-0.15, -0.1) is 0 Å². The molecule has 1 aliphatic rings. The first-order valence-electron chi connectivity index (χ1n) is 5.94. The van der Waals surface area contributed by atoms with E-state index in [1.807, 2.05) is 35.0 Å². The standard InChI is InChI=1S/C13H14N4O/c14-13(18)12-10-8-15-7-6-11(10)17(16-12)9-4-2-1-3-5-9/h1-5,15H,6-8H2,(H2,14,18). The highest BCUT2D eigenvalue weighted by molar-refractivity contribution is 5.92. The molecular weight excluding hydrogens is 228 g/mol. The van der Waals surface area contributed by atoms with Gasteiger partial charge in [0.25, 0.3) is 5.91 Å². The maximum Gasteiger partial charge on any atom is 0.269 e. The molecule has 0 unspecified atom stereocenters. The monoisotopic (exact) mass is 242 g/mol. The first kappa shape index (κ1) is 11.0. The molecule has 92 valence electrons. The van der Waals surface area contributed by atoms with Crippen molar-refractivity contribution in [3.63, 3.8) is 0 Å². The second-order valence-electron chi connectivity index (χ2n) is 4.31. The van der Waals surface area contributed by atoms with Crippen LogP contribution in [0.1, 0.15) is 21.7 Å². The quantitative estimate of drug-likeness (QED) is 0.810. The maximum absolute atomic E-state index is 11.4. The summed E-state index contributed by atoms with van der Waals surface area (Å²) < 4.78 is 1.83. The van der Waals surface area contributed by atoms with Gasteiger partial charge in [0.05, 0.1) is 11.4 Å². The molecule has 3 N–H and O–H groups in total. The molecule has 2 aromatic rings. The van der Waals surface area contributed by atoms with E-state index in [0.29, 0.717) is 12.2 Å². The van der Waals surface area contributed by atoms with Crippen LogP contribution in [0.25, 0.3) is 5.69 Å².